The van der Waals surface area contributed by atoms with Gasteiger partial charge in [0.05, 0.1) is 12.1 Å². The molecule has 0 aromatic carbocycles. The standard InChI is InChI=1S/C8H13N3O2/c12-6-13-7-2-1-3-8(4-7)5-9-11-10-8/h6-7H,1-5H2,(H,9,10). The van der Waals surface area contributed by atoms with Crippen molar-refractivity contribution >= 4 is 6.47 Å². The van der Waals surface area contributed by atoms with Crippen molar-refractivity contribution in [3.63, 3.8) is 0 Å². The van der Waals surface area contributed by atoms with Gasteiger partial charge < -0.3 is 4.74 Å². The molecule has 0 saturated heterocycles. The number of carbonyl (C=O) groups is 1. The normalized spacial score (nSPS) is 37.4. The summed E-state index contributed by atoms with van der Waals surface area (Å²) in [6.45, 7) is 1.25. The highest BCUT2D eigenvalue weighted by atomic mass is 16.5. The monoisotopic (exact) mass is 183 g/mol. The largest absolute Gasteiger partial charge is 0.464 e. The lowest BCUT2D eigenvalue weighted by Gasteiger charge is -2.35. The molecule has 0 aromatic rings. The zero-order valence-corrected chi connectivity index (χ0v) is 7.40. The zero-order valence-electron chi connectivity index (χ0n) is 7.40. The van der Waals surface area contributed by atoms with Crippen LogP contribution in [-0.2, 0) is 9.53 Å². The summed E-state index contributed by atoms with van der Waals surface area (Å²) in [6, 6.07) is 0. The summed E-state index contributed by atoms with van der Waals surface area (Å²) in [4.78, 5) is 10.2. The molecule has 2 unspecified atom stereocenters. The van der Waals surface area contributed by atoms with Gasteiger partial charge in [-0.05, 0) is 19.3 Å². The number of nitrogens with one attached hydrogen (secondary N) is 1. The molecule has 2 atom stereocenters. The highest BCUT2D eigenvalue weighted by molar-refractivity contribution is 5.37. The summed E-state index contributed by atoms with van der Waals surface area (Å²) in [5.41, 5.74) is 3.00. The highest BCUT2D eigenvalue weighted by Crippen LogP contribution is 2.32. The number of rotatable bonds is 2. The van der Waals surface area contributed by atoms with E-state index in [0.29, 0.717) is 13.0 Å². The molecule has 1 heterocycles. The van der Waals surface area contributed by atoms with E-state index in [1.54, 1.807) is 0 Å². The predicted molar refractivity (Wildman–Crippen MR) is 45.0 cm³/mol. The van der Waals surface area contributed by atoms with Gasteiger partial charge in [-0.15, -0.1) is 0 Å². The fraction of sp³-hybridized carbons (Fsp3) is 0.875. The molecule has 13 heavy (non-hydrogen) atoms. The lowest BCUT2D eigenvalue weighted by Crippen LogP contribution is -2.47. The third kappa shape index (κ3) is 1.64. The van der Waals surface area contributed by atoms with Gasteiger partial charge in [-0.25, -0.2) is 0 Å². The van der Waals surface area contributed by atoms with Gasteiger partial charge in [0.1, 0.15) is 6.10 Å². The van der Waals surface area contributed by atoms with E-state index in [0.717, 1.165) is 25.7 Å². The molecule has 1 aliphatic carbocycles. The van der Waals surface area contributed by atoms with Crippen molar-refractivity contribution < 1.29 is 9.53 Å². The van der Waals surface area contributed by atoms with Crippen LogP contribution in [0.5, 0.6) is 0 Å². The van der Waals surface area contributed by atoms with Crippen molar-refractivity contribution in [2.45, 2.75) is 37.3 Å². The molecule has 0 aromatic heterocycles. The Balaban J connectivity index is 1.95. The summed E-state index contributed by atoms with van der Waals surface area (Å²) in [5, 5.41) is 7.71. The molecule has 5 nitrogen and oxygen atoms in total. The molecular formula is C8H13N3O2. The summed E-state index contributed by atoms with van der Waals surface area (Å²) < 4.78 is 4.97. The Morgan fingerprint density at radius 1 is 1.62 bits per heavy atom. The maximum Gasteiger partial charge on any atom is 0.293 e. The van der Waals surface area contributed by atoms with Crippen molar-refractivity contribution in [3.8, 4) is 0 Å². The fourth-order valence-corrected chi connectivity index (χ4v) is 2.10. The number of ether oxygens (including phenoxy) is 1. The Bertz CT molecular complexity index is 221. The van der Waals surface area contributed by atoms with E-state index in [-0.39, 0.29) is 11.6 Å². The van der Waals surface area contributed by atoms with Crippen molar-refractivity contribution in [2.75, 3.05) is 6.54 Å². The van der Waals surface area contributed by atoms with Crippen molar-refractivity contribution in [2.24, 2.45) is 10.3 Å². The Kier molecular flexibility index (Phi) is 2.16. The van der Waals surface area contributed by atoms with E-state index < -0.39 is 0 Å². The molecular weight excluding hydrogens is 170 g/mol. The molecule has 1 aliphatic heterocycles. The van der Waals surface area contributed by atoms with E-state index in [2.05, 4.69) is 15.8 Å². The third-order valence-corrected chi connectivity index (χ3v) is 2.78. The first kappa shape index (κ1) is 8.47. The van der Waals surface area contributed by atoms with Gasteiger partial charge in [0.25, 0.3) is 6.47 Å². The average Bonchev–Trinajstić information content (AvgIpc) is 2.54. The Labute approximate surface area is 76.5 Å². The fourth-order valence-electron chi connectivity index (χ4n) is 2.10. The zero-order chi connectivity index (χ0) is 9.15. The van der Waals surface area contributed by atoms with E-state index in [1.807, 2.05) is 0 Å². The molecule has 1 spiro atoms. The van der Waals surface area contributed by atoms with Gasteiger partial charge in [-0.2, -0.15) is 5.11 Å². The first-order valence-electron chi connectivity index (χ1n) is 4.57. The van der Waals surface area contributed by atoms with E-state index in [1.165, 1.54) is 0 Å². The smallest absolute Gasteiger partial charge is 0.293 e. The lowest BCUT2D eigenvalue weighted by molar-refractivity contribution is -0.136. The molecule has 2 rings (SSSR count). The van der Waals surface area contributed by atoms with E-state index in [4.69, 9.17) is 4.74 Å². The molecule has 2 aliphatic rings. The molecule has 5 heteroatoms. The van der Waals surface area contributed by atoms with E-state index in [9.17, 15) is 4.79 Å². The third-order valence-electron chi connectivity index (χ3n) is 2.78. The van der Waals surface area contributed by atoms with Gasteiger partial charge >= 0.3 is 0 Å². The molecule has 72 valence electrons. The number of carbonyl (C=O) groups excluding carboxylic acids is 1. The average molecular weight is 183 g/mol. The lowest BCUT2D eigenvalue weighted by atomic mass is 9.81. The van der Waals surface area contributed by atoms with Crippen LogP contribution in [0.25, 0.3) is 0 Å². The first-order chi connectivity index (χ1) is 6.35. The van der Waals surface area contributed by atoms with Crippen LogP contribution in [0.2, 0.25) is 0 Å². The number of nitrogens with zero attached hydrogens (tertiary/aromatic N) is 2. The van der Waals surface area contributed by atoms with Crippen LogP contribution in [0.15, 0.2) is 10.3 Å². The van der Waals surface area contributed by atoms with Crippen molar-refractivity contribution in [3.05, 3.63) is 0 Å². The minimum absolute atomic E-state index is 0.0219. The molecule has 0 amide bonds. The summed E-state index contributed by atoms with van der Waals surface area (Å²) in [6.07, 6.45) is 3.97. The second-order valence-electron chi connectivity index (χ2n) is 3.74. The second kappa shape index (κ2) is 3.32. The van der Waals surface area contributed by atoms with Gasteiger partial charge in [-0.3, -0.25) is 10.2 Å². The van der Waals surface area contributed by atoms with Crippen LogP contribution in [0.1, 0.15) is 25.7 Å². The SMILES string of the molecule is O=COC1CCCC2(CN=NN2)C1. The Hall–Kier alpha value is -1.13. The van der Waals surface area contributed by atoms with Gasteiger partial charge in [0.2, 0.25) is 0 Å². The van der Waals surface area contributed by atoms with Crippen LogP contribution < -0.4 is 5.43 Å². The van der Waals surface area contributed by atoms with Crippen LogP contribution >= 0.6 is 0 Å². The first-order valence-corrected chi connectivity index (χ1v) is 4.57. The quantitative estimate of drug-likeness (QED) is 0.644. The molecule has 1 fully saturated rings. The maximum absolute atomic E-state index is 10.2. The molecule has 1 N–H and O–H groups in total. The minimum Gasteiger partial charge on any atom is -0.464 e. The van der Waals surface area contributed by atoms with Crippen molar-refractivity contribution in [1.29, 1.82) is 0 Å². The van der Waals surface area contributed by atoms with Gasteiger partial charge in [0, 0.05) is 6.42 Å². The Morgan fingerprint density at radius 3 is 3.23 bits per heavy atom. The number of hydrogen-bond acceptors (Lipinski definition) is 5. The summed E-state index contributed by atoms with van der Waals surface area (Å²) >= 11 is 0. The van der Waals surface area contributed by atoms with E-state index >= 15 is 0 Å². The second-order valence-corrected chi connectivity index (χ2v) is 3.74. The molecule has 0 bridgehead atoms. The Morgan fingerprint density at radius 2 is 2.54 bits per heavy atom. The van der Waals surface area contributed by atoms with Crippen LogP contribution in [-0.4, -0.2) is 24.7 Å². The van der Waals surface area contributed by atoms with Crippen molar-refractivity contribution in [1.82, 2.24) is 5.43 Å². The van der Waals surface area contributed by atoms with Crippen LogP contribution in [0.4, 0.5) is 0 Å². The minimum atomic E-state index is -0.0219. The molecule has 0 radical (unpaired) electrons. The maximum atomic E-state index is 10.2. The topological polar surface area (TPSA) is 63.0 Å². The summed E-state index contributed by atoms with van der Waals surface area (Å²) in [7, 11) is 0. The molecule has 1 saturated carbocycles. The number of hydrogen-bond donors (Lipinski definition) is 1. The van der Waals surface area contributed by atoms with Gasteiger partial charge in [0.15, 0.2) is 0 Å². The van der Waals surface area contributed by atoms with Crippen LogP contribution in [0, 0.1) is 0 Å². The summed E-state index contributed by atoms with van der Waals surface area (Å²) in [5.74, 6) is 0. The highest BCUT2D eigenvalue weighted by Gasteiger charge is 2.39. The van der Waals surface area contributed by atoms with Gasteiger partial charge in [-0.1, -0.05) is 5.22 Å². The van der Waals surface area contributed by atoms with Crippen LogP contribution in [0.3, 0.4) is 0 Å². The predicted octanol–water partition coefficient (Wildman–Crippen LogP) is 0.811.